The van der Waals surface area contributed by atoms with Crippen LogP contribution in [0, 0.1) is 0 Å². The molecule has 19 heavy (non-hydrogen) atoms. The number of hydrogen-bond acceptors (Lipinski definition) is 4. The zero-order chi connectivity index (χ0) is 13.2. The summed E-state index contributed by atoms with van der Waals surface area (Å²) in [5, 5.41) is 4.26. The van der Waals surface area contributed by atoms with Crippen LogP contribution < -0.4 is 5.73 Å². The van der Waals surface area contributed by atoms with E-state index in [-0.39, 0.29) is 6.04 Å². The van der Waals surface area contributed by atoms with Crippen molar-refractivity contribution in [2.45, 2.75) is 31.5 Å². The second kappa shape index (κ2) is 5.19. The first-order valence-corrected chi connectivity index (χ1v) is 6.74. The molecule has 3 rings (SSSR count). The Morgan fingerprint density at radius 3 is 2.95 bits per heavy atom. The van der Waals surface area contributed by atoms with E-state index in [1.54, 1.807) is 6.26 Å². The molecule has 1 fully saturated rings. The molecular weight excluding hydrogens is 240 g/mol. The molecule has 2 aromatic rings. The Morgan fingerprint density at radius 1 is 1.58 bits per heavy atom. The zero-order valence-corrected chi connectivity index (χ0v) is 11.2. The lowest BCUT2D eigenvalue weighted by Gasteiger charge is -2.29. The van der Waals surface area contributed by atoms with Gasteiger partial charge in [-0.25, -0.2) is 0 Å². The van der Waals surface area contributed by atoms with Crippen LogP contribution in [0.25, 0.3) is 0 Å². The van der Waals surface area contributed by atoms with E-state index in [4.69, 9.17) is 10.2 Å². The van der Waals surface area contributed by atoms with Gasteiger partial charge in [-0.05, 0) is 25.0 Å². The van der Waals surface area contributed by atoms with Crippen molar-refractivity contribution >= 4 is 0 Å². The minimum Gasteiger partial charge on any atom is -0.468 e. The number of nitrogens with zero attached hydrogens (tertiary/aromatic N) is 3. The highest BCUT2D eigenvalue weighted by molar-refractivity contribution is 5.13. The van der Waals surface area contributed by atoms with E-state index in [0.717, 1.165) is 12.3 Å². The maximum Gasteiger partial charge on any atom is 0.117 e. The molecule has 0 aromatic carbocycles. The van der Waals surface area contributed by atoms with Crippen LogP contribution in [0.2, 0.25) is 0 Å². The fourth-order valence-electron chi connectivity index (χ4n) is 2.56. The maximum absolute atomic E-state index is 6.00. The topological polar surface area (TPSA) is 60.2 Å². The highest BCUT2D eigenvalue weighted by Gasteiger charge is 2.35. The van der Waals surface area contributed by atoms with E-state index in [1.807, 2.05) is 30.1 Å². The summed E-state index contributed by atoms with van der Waals surface area (Å²) in [6.07, 6.45) is 8.18. The third kappa shape index (κ3) is 2.72. The van der Waals surface area contributed by atoms with Crippen molar-refractivity contribution < 1.29 is 4.42 Å². The van der Waals surface area contributed by atoms with Crippen LogP contribution in [-0.4, -0.2) is 27.3 Å². The Hall–Kier alpha value is -1.59. The fourth-order valence-corrected chi connectivity index (χ4v) is 2.56. The van der Waals surface area contributed by atoms with Crippen molar-refractivity contribution in [3.8, 4) is 0 Å². The second-order valence-electron chi connectivity index (χ2n) is 5.18. The van der Waals surface area contributed by atoms with Gasteiger partial charge in [-0.15, -0.1) is 0 Å². The molecule has 0 bridgehead atoms. The number of aromatic nitrogens is 2. The van der Waals surface area contributed by atoms with E-state index in [2.05, 4.69) is 16.2 Å². The number of nitrogens with two attached hydrogens (primary N) is 1. The van der Waals surface area contributed by atoms with E-state index < -0.39 is 0 Å². The third-order valence-electron chi connectivity index (χ3n) is 3.67. The monoisotopic (exact) mass is 260 g/mol. The normalized spacial score (nSPS) is 17.0. The molecule has 5 heteroatoms. The van der Waals surface area contributed by atoms with E-state index in [1.165, 1.54) is 18.4 Å². The molecule has 0 spiro atoms. The number of aryl methyl sites for hydroxylation is 1. The van der Waals surface area contributed by atoms with Crippen LogP contribution in [-0.2, 0) is 13.6 Å². The summed E-state index contributed by atoms with van der Waals surface area (Å²) in [5.41, 5.74) is 7.18. The minimum absolute atomic E-state index is 0.214. The molecule has 2 N–H and O–H groups in total. The van der Waals surface area contributed by atoms with Gasteiger partial charge in [0.1, 0.15) is 5.76 Å². The molecular formula is C14H20N4O. The van der Waals surface area contributed by atoms with Crippen LogP contribution >= 0.6 is 0 Å². The molecule has 2 aromatic heterocycles. The Balaban J connectivity index is 1.81. The molecule has 1 aliphatic carbocycles. The van der Waals surface area contributed by atoms with Crippen LogP contribution in [0.3, 0.4) is 0 Å². The van der Waals surface area contributed by atoms with Crippen LogP contribution in [0.1, 0.15) is 30.2 Å². The molecule has 1 saturated carbocycles. The first-order valence-electron chi connectivity index (χ1n) is 6.74. The molecule has 1 unspecified atom stereocenters. The van der Waals surface area contributed by atoms with Gasteiger partial charge in [0.05, 0.1) is 25.0 Å². The summed E-state index contributed by atoms with van der Waals surface area (Å²) in [5.74, 6) is 0.995. The summed E-state index contributed by atoms with van der Waals surface area (Å²) in [6, 6.07) is 4.79. The summed E-state index contributed by atoms with van der Waals surface area (Å²) < 4.78 is 7.30. The number of hydrogen-bond donors (Lipinski definition) is 1. The molecule has 0 radical (unpaired) electrons. The predicted octanol–water partition coefficient (Wildman–Crippen LogP) is 1.68. The van der Waals surface area contributed by atoms with E-state index in [0.29, 0.717) is 12.6 Å². The second-order valence-corrected chi connectivity index (χ2v) is 5.18. The Bertz CT molecular complexity index is 515. The molecule has 1 atom stereocenters. The van der Waals surface area contributed by atoms with Crippen molar-refractivity contribution in [2.24, 2.45) is 12.8 Å². The lowest BCUT2D eigenvalue weighted by molar-refractivity contribution is 0.168. The van der Waals surface area contributed by atoms with E-state index >= 15 is 0 Å². The van der Waals surface area contributed by atoms with Crippen LogP contribution in [0.5, 0.6) is 0 Å². The third-order valence-corrected chi connectivity index (χ3v) is 3.67. The van der Waals surface area contributed by atoms with Crippen molar-refractivity contribution in [3.05, 3.63) is 42.1 Å². The van der Waals surface area contributed by atoms with Gasteiger partial charge in [0, 0.05) is 31.4 Å². The number of rotatable bonds is 6. The van der Waals surface area contributed by atoms with Gasteiger partial charge in [0.15, 0.2) is 0 Å². The van der Waals surface area contributed by atoms with Gasteiger partial charge in [0.25, 0.3) is 0 Å². The highest BCUT2D eigenvalue weighted by Crippen LogP contribution is 2.35. The summed E-state index contributed by atoms with van der Waals surface area (Å²) >= 11 is 0. The molecule has 0 aliphatic heterocycles. The first-order chi connectivity index (χ1) is 9.28. The van der Waals surface area contributed by atoms with Crippen molar-refractivity contribution in [2.75, 3.05) is 6.54 Å². The Morgan fingerprint density at radius 2 is 2.42 bits per heavy atom. The molecule has 5 nitrogen and oxygen atoms in total. The minimum atomic E-state index is 0.214. The fraction of sp³-hybridized carbons (Fsp3) is 0.500. The summed E-state index contributed by atoms with van der Waals surface area (Å²) in [6.45, 7) is 1.41. The van der Waals surface area contributed by atoms with Gasteiger partial charge < -0.3 is 10.2 Å². The Labute approximate surface area is 113 Å². The highest BCUT2D eigenvalue weighted by atomic mass is 16.3. The largest absolute Gasteiger partial charge is 0.468 e. The smallest absolute Gasteiger partial charge is 0.117 e. The van der Waals surface area contributed by atoms with Crippen molar-refractivity contribution in [3.63, 3.8) is 0 Å². The quantitative estimate of drug-likeness (QED) is 0.858. The van der Waals surface area contributed by atoms with Gasteiger partial charge >= 0.3 is 0 Å². The summed E-state index contributed by atoms with van der Waals surface area (Å²) in [7, 11) is 1.94. The standard InChI is InChI=1S/C14H20N4O/c1-17-9-11(8-16-17)14(7-15)18(12-4-5-12)10-13-3-2-6-19-13/h2-3,6,8-9,12,14H,4-5,7,10,15H2,1H3. The van der Waals surface area contributed by atoms with Gasteiger partial charge in [-0.2, -0.15) is 5.10 Å². The van der Waals surface area contributed by atoms with Gasteiger partial charge in [-0.1, -0.05) is 0 Å². The average Bonchev–Trinajstić information content (AvgIpc) is 2.95. The molecule has 1 aliphatic rings. The molecule has 2 heterocycles. The Kier molecular flexibility index (Phi) is 3.40. The molecule has 102 valence electrons. The lowest BCUT2D eigenvalue weighted by Crippen LogP contribution is -2.34. The van der Waals surface area contributed by atoms with Gasteiger partial charge in [-0.3, -0.25) is 9.58 Å². The van der Waals surface area contributed by atoms with Crippen molar-refractivity contribution in [1.29, 1.82) is 0 Å². The predicted molar refractivity (Wildman–Crippen MR) is 72.3 cm³/mol. The maximum atomic E-state index is 6.00. The molecule has 0 amide bonds. The molecule has 0 saturated heterocycles. The van der Waals surface area contributed by atoms with Crippen LogP contribution in [0.15, 0.2) is 35.2 Å². The van der Waals surface area contributed by atoms with E-state index in [9.17, 15) is 0 Å². The van der Waals surface area contributed by atoms with Crippen molar-refractivity contribution in [1.82, 2.24) is 14.7 Å². The summed E-state index contributed by atoms with van der Waals surface area (Å²) in [4.78, 5) is 2.44. The van der Waals surface area contributed by atoms with Crippen LogP contribution in [0.4, 0.5) is 0 Å². The average molecular weight is 260 g/mol. The lowest BCUT2D eigenvalue weighted by atomic mass is 10.1. The first kappa shape index (κ1) is 12.4. The zero-order valence-electron chi connectivity index (χ0n) is 11.2. The van der Waals surface area contributed by atoms with Gasteiger partial charge in [0.2, 0.25) is 0 Å². The SMILES string of the molecule is Cn1cc(C(CN)N(Cc2ccco2)C2CC2)cn1. The number of furan rings is 1.